The highest BCUT2D eigenvalue weighted by Crippen LogP contribution is 2.38. The lowest BCUT2D eigenvalue weighted by Gasteiger charge is -2.14. The Balaban J connectivity index is 1.68. The minimum Gasteiger partial charge on any atom is -0.495 e. The molecule has 1 aromatic heterocycles. The maximum absolute atomic E-state index is 13.0. The summed E-state index contributed by atoms with van der Waals surface area (Å²) in [5.74, 6) is -0.357. The van der Waals surface area contributed by atoms with Crippen molar-refractivity contribution >= 4 is 51.0 Å². The van der Waals surface area contributed by atoms with Crippen LogP contribution < -0.4 is 25.3 Å². The highest BCUT2D eigenvalue weighted by molar-refractivity contribution is 6.33. The SMILES string of the molecule is COc1cc2c(cc1NC(=O)c1cc(Cl)c(OCC(N)=O)c(OC)c1)oc1ccccc12. The van der Waals surface area contributed by atoms with Gasteiger partial charge in [-0.15, -0.1) is 0 Å². The van der Waals surface area contributed by atoms with E-state index in [0.29, 0.717) is 17.0 Å². The Morgan fingerprint density at radius 1 is 1.00 bits per heavy atom. The zero-order chi connectivity index (χ0) is 22.8. The molecule has 0 saturated heterocycles. The number of furan rings is 1. The van der Waals surface area contributed by atoms with Crippen LogP contribution in [0.15, 0.2) is 52.9 Å². The summed E-state index contributed by atoms with van der Waals surface area (Å²) in [6.07, 6.45) is 0. The number of nitrogens with one attached hydrogen (secondary N) is 1. The Kier molecular flexibility index (Phi) is 5.79. The van der Waals surface area contributed by atoms with Gasteiger partial charge < -0.3 is 29.7 Å². The van der Waals surface area contributed by atoms with E-state index in [-0.39, 0.29) is 28.7 Å². The molecule has 0 aliphatic carbocycles. The molecule has 0 saturated carbocycles. The first-order valence-electron chi connectivity index (χ1n) is 9.50. The van der Waals surface area contributed by atoms with E-state index in [1.165, 1.54) is 26.4 Å². The zero-order valence-electron chi connectivity index (χ0n) is 17.2. The number of carbonyl (C=O) groups excluding carboxylic acids is 2. The van der Waals surface area contributed by atoms with Gasteiger partial charge in [-0.25, -0.2) is 0 Å². The van der Waals surface area contributed by atoms with Crippen molar-refractivity contribution in [2.45, 2.75) is 0 Å². The van der Waals surface area contributed by atoms with Crippen LogP contribution in [-0.4, -0.2) is 32.6 Å². The molecule has 0 aliphatic heterocycles. The van der Waals surface area contributed by atoms with Crippen molar-refractivity contribution in [1.29, 1.82) is 0 Å². The van der Waals surface area contributed by atoms with Crippen LogP contribution >= 0.6 is 11.6 Å². The van der Waals surface area contributed by atoms with Gasteiger partial charge in [0.05, 0.1) is 24.9 Å². The van der Waals surface area contributed by atoms with Gasteiger partial charge in [0.15, 0.2) is 18.1 Å². The number of hydrogen-bond acceptors (Lipinski definition) is 6. The summed E-state index contributed by atoms with van der Waals surface area (Å²) < 4.78 is 21.9. The Labute approximate surface area is 187 Å². The normalized spacial score (nSPS) is 10.8. The number of rotatable bonds is 7. The number of hydrogen-bond donors (Lipinski definition) is 2. The van der Waals surface area contributed by atoms with Gasteiger partial charge in [-0.05, 0) is 24.3 Å². The number of amides is 2. The van der Waals surface area contributed by atoms with Crippen LogP contribution in [0.2, 0.25) is 5.02 Å². The quantitative estimate of drug-likeness (QED) is 0.428. The lowest BCUT2D eigenvalue weighted by molar-refractivity contribution is -0.119. The third-order valence-corrected chi connectivity index (χ3v) is 5.08. The van der Waals surface area contributed by atoms with E-state index >= 15 is 0 Å². The predicted octanol–water partition coefficient (Wildman–Crippen LogP) is 4.37. The molecule has 0 aliphatic rings. The number of benzene rings is 3. The summed E-state index contributed by atoms with van der Waals surface area (Å²) in [6.45, 7) is -0.379. The van der Waals surface area contributed by atoms with Gasteiger partial charge in [-0.3, -0.25) is 9.59 Å². The fourth-order valence-electron chi connectivity index (χ4n) is 3.35. The lowest BCUT2D eigenvalue weighted by Crippen LogP contribution is -2.20. The first-order valence-corrected chi connectivity index (χ1v) is 9.88. The van der Waals surface area contributed by atoms with Crippen LogP contribution in [0, 0.1) is 0 Å². The molecular weight excluding hydrogens is 436 g/mol. The van der Waals surface area contributed by atoms with E-state index in [2.05, 4.69) is 5.32 Å². The first-order chi connectivity index (χ1) is 15.4. The molecule has 9 heteroatoms. The van der Waals surface area contributed by atoms with Gasteiger partial charge in [0.2, 0.25) is 0 Å². The molecule has 164 valence electrons. The summed E-state index contributed by atoms with van der Waals surface area (Å²) in [7, 11) is 2.91. The van der Waals surface area contributed by atoms with E-state index in [1.54, 1.807) is 6.07 Å². The average molecular weight is 455 g/mol. The molecule has 1 heterocycles. The van der Waals surface area contributed by atoms with Crippen LogP contribution in [0.4, 0.5) is 5.69 Å². The number of nitrogens with two attached hydrogens (primary N) is 1. The van der Waals surface area contributed by atoms with E-state index in [1.807, 2.05) is 30.3 Å². The highest BCUT2D eigenvalue weighted by Gasteiger charge is 2.19. The second-order valence-corrected chi connectivity index (χ2v) is 7.25. The molecule has 8 nitrogen and oxygen atoms in total. The third-order valence-electron chi connectivity index (χ3n) is 4.80. The molecular formula is C23H19ClN2O6. The predicted molar refractivity (Wildman–Crippen MR) is 121 cm³/mol. The summed E-state index contributed by atoms with van der Waals surface area (Å²) >= 11 is 6.25. The number of ether oxygens (including phenoxy) is 3. The molecule has 0 spiro atoms. The van der Waals surface area contributed by atoms with E-state index in [9.17, 15) is 9.59 Å². The third kappa shape index (κ3) is 4.00. The van der Waals surface area contributed by atoms with Crippen molar-refractivity contribution in [2.75, 3.05) is 26.1 Å². The summed E-state index contributed by atoms with van der Waals surface area (Å²) in [5.41, 5.74) is 7.08. The number of anilines is 1. The van der Waals surface area contributed by atoms with Crippen molar-refractivity contribution in [3.63, 3.8) is 0 Å². The standard InChI is InChI=1S/C23H19ClN2O6/c1-29-19-9-14-13-5-3-4-6-17(13)32-18(14)10-16(19)26-23(28)12-7-15(24)22(20(8-12)30-2)31-11-21(25)27/h3-10H,11H2,1-2H3,(H2,25,27)(H,26,28). The van der Waals surface area contributed by atoms with Gasteiger partial charge >= 0.3 is 0 Å². The number of methoxy groups -OCH3 is 2. The number of carbonyl (C=O) groups is 2. The van der Waals surface area contributed by atoms with Crippen LogP contribution in [0.1, 0.15) is 10.4 Å². The topological polar surface area (TPSA) is 113 Å². The van der Waals surface area contributed by atoms with Crippen LogP contribution in [-0.2, 0) is 4.79 Å². The van der Waals surface area contributed by atoms with Gasteiger partial charge in [-0.1, -0.05) is 29.8 Å². The molecule has 0 fully saturated rings. The molecule has 4 rings (SSSR count). The van der Waals surface area contributed by atoms with Crippen molar-refractivity contribution in [1.82, 2.24) is 0 Å². The second-order valence-electron chi connectivity index (χ2n) is 6.85. The smallest absolute Gasteiger partial charge is 0.255 e. The minimum atomic E-state index is -0.669. The second kappa shape index (κ2) is 8.68. The minimum absolute atomic E-state index is 0.0930. The van der Waals surface area contributed by atoms with Crippen molar-refractivity contribution in [3.8, 4) is 17.2 Å². The zero-order valence-corrected chi connectivity index (χ0v) is 18.0. The average Bonchev–Trinajstić information content (AvgIpc) is 3.14. The van der Waals surface area contributed by atoms with Gasteiger partial charge in [0.1, 0.15) is 16.9 Å². The maximum Gasteiger partial charge on any atom is 0.255 e. The van der Waals surface area contributed by atoms with E-state index < -0.39 is 11.8 Å². The Morgan fingerprint density at radius 3 is 2.47 bits per heavy atom. The number of para-hydroxylation sites is 1. The fraction of sp³-hybridized carbons (Fsp3) is 0.130. The van der Waals surface area contributed by atoms with Crippen LogP contribution in [0.5, 0.6) is 17.2 Å². The molecule has 3 N–H and O–H groups in total. The fourth-order valence-corrected chi connectivity index (χ4v) is 3.61. The Hall–Kier alpha value is -3.91. The first kappa shape index (κ1) is 21.3. The molecule has 0 unspecified atom stereocenters. The van der Waals surface area contributed by atoms with E-state index in [4.69, 9.17) is 36.0 Å². The van der Waals surface area contributed by atoms with E-state index in [0.717, 1.165) is 16.4 Å². The Morgan fingerprint density at radius 2 is 1.75 bits per heavy atom. The largest absolute Gasteiger partial charge is 0.495 e. The molecule has 0 atom stereocenters. The monoisotopic (exact) mass is 454 g/mol. The molecule has 3 aromatic carbocycles. The summed E-state index contributed by atoms with van der Waals surface area (Å²) in [6, 6.07) is 14.0. The maximum atomic E-state index is 13.0. The molecule has 0 radical (unpaired) electrons. The van der Waals surface area contributed by atoms with Crippen molar-refractivity contribution in [2.24, 2.45) is 5.73 Å². The van der Waals surface area contributed by atoms with Gasteiger partial charge in [0.25, 0.3) is 11.8 Å². The summed E-state index contributed by atoms with van der Waals surface area (Å²) in [5, 5.41) is 4.72. The van der Waals surface area contributed by atoms with Crippen LogP contribution in [0.25, 0.3) is 21.9 Å². The lowest BCUT2D eigenvalue weighted by atomic mass is 10.1. The van der Waals surface area contributed by atoms with Crippen LogP contribution in [0.3, 0.4) is 0 Å². The van der Waals surface area contributed by atoms with Gasteiger partial charge in [-0.2, -0.15) is 0 Å². The molecule has 4 aromatic rings. The Bertz CT molecular complexity index is 1350. The number of primary amides is 1. The highest BCUT2D eigenvalue weighted by atomic mass is 35.5. The molecule has 32 heavy (non-hydrogen) atoms. The number of fused-ring (bicyclic) bond motifs is 3. The van der Waals surface area contributed by atoms with Crippen molar-refractivity contribution in [3.05, 3.63) is 59.1 Å². The molecule has 0 bridgehead atoms. The summed E-state index contributed by atoms with van der Waals surface area (Å²) in [4.78, 5) is 24.0. The number of halogens is 1. The van der Waals surface area contributed by atoms with Crippen molar-refractivity contribution < 1.29 is 28.2 Å². The molecule has 2 amide bonds. The van der Waals surface area contributed by atoms with Gasteiger partial charge in [0, 0.05) is 22.4 Å².